The molecule has 0 bridgehead atoms. The smallest absolute Gasteiger partial charge is 0.303 e. The Labute approximate surface area is 159 Å². The molecule has 0 saturated carbocycles. The van der Waals surface area contributed by atoms with Crippen LogP contribution in [0.25, 0.3) is 5.69 Å². The fourth-order valence-corrected chi connectivity index (χ4v) is 3.40. The summed E-state index contributed by atoms with van der Waals surface area (Å²) in [5.74, 6) is -0.770. The molecule has 1 aliphatic rings. The molecular formula is C21H25N3O3. The highest BCUT2D eigenvalue weighted by Gasteiger charge is 2.18. The number of carboxylic acid groups (broad SMARTS) is 1. The van der Waals surface area contributed by atoms with E-state index < -0.39 is 5.97 Å². The van der Waals surface area contributed by atoms with Crippen LogP contribution in [0.5, 0.6) is 0 Å². The Morgan fingerprint density at radius 1 is 1.15 bits per heavy atom. The second-order valence-corrected chi connectivity index (χ2v) is 7.05. The van der Waals surface area contributed by atoms with Crippen LogP contribution in [0.2, 0.25) is 0 Å². The molecule has 6 nitrogen and oxygen atoms in total. The summed E-state index contributed by atoms with van der Waals surface area (Å²) < 4.78 is 1.81. The molecule has 0 aliphatic carbocycles. The fraction of sp³-hybridized carbons (Fsp3) is 0.381. The second-order valence-electron chi connectivity index (χ2n) is 7.05. The van der Waals surface area contributed by atoms with Gasteiger partial charge < -0.3 is 10.0 Å². The van der Waals surface area contributed by atoms with E-state index in [0.717, 1.165) is 35.6 Å². The van der Waals surface area contributed by atoms with Crippen LogP contribution in [-0.2, 0) is 11.2 Å². The number of carbonyl (C=O) groups excluding carboxylic acids is 1. The van der Waals surface area contributed by atoms with Crippen LogP contribution in [0.4, 0.5) is 0 Å². The normalized spacial score (nSPS) is 14.2. The standard InChI is InChI=1S/C21H25N3O3/c1-14-10-12-23(13-11-14)21(27)17-4-6-18(7-5-17)24-16(3)19(15(2)22-24)8-9-20(25)26/h4-7,10H,8-9,11-13H2,1-3H3,(H,25,26). The van der Waals surface area contributed by atoms with Crippen molar-refractivity contribution in [3.8, 4) is 5.69 Å². The third kappa shape index (κ3) is 4.10. The van der Waals surface area contributed by atoms with E-state index in [4.69, 9.17) is 5.11 Å². The molecule has 6 heteroatoms. The molecule has 2 heterocycles. The van der Waals surface area contributed by atoms with Crippen molar-refractivity contribution in [1.29, 1.82) is 0 Å². The second kappa shape index (κ2) is 7.78. The summed E-state index contributed by atoms with van der Waals surface area (Å²) in [6, 6.07) is 7.43. The minimum atomic E-state index is -0.813. The average molecular weight is 367 g/mol. The Balaban J connectivity index is 1.78. The molecule has 0 saturated heterocycles. The molecule has 27 heavy (non-hydrogen) atoms. The third-order valence-electron chi connectivity index (χ3n) is 5.11. The van der Waals surface area contributed by atoms with Crippen molar-refractivity contribution in [1.82, 2.24) is 14.7 Å². The van der Waals surface area contributed by atoms with Crippen molar-refractivity contribution < 1.29 is 14.7 Å². The van der Waals surface area contributed by atoms with Crippen molar-refractivity contribution in [2.24, 2.45) is 0 Å². The van der Waals surface area contributed by atoms with Gasteiger partial charge in [0.1, 0.15) is 0 Å². The summed E-state index contributed by atoms with van der Waals surface area (Å²) in [6.45, 7) is 7.35. The van der Waals surface area contributed by atoms with Gasteiger partial charge in [0.2, 0.25) is 0 Å². The van der Waals surface area contributed by atoms with E-state index in [1.54, 1.807) is 0 Å². The maximum Gasteiger partial charge on any atom is 0.303 e. The van der Waals surface area contributed by atoms with Crippen molar-refractivity contribution in [3.05, 3.63) is 58.4 Å². The van der Waals surface area contributed by atoms with Crippen molar-refractivity contribution in [2.75, 3.05) is 13.1 Å². The van der Waals surface area contributed by atoms with Gasteiger partial charge in [-0.2, -0.15) is 5.10 Å². The zero-order valence-corrected chi connectivity index (χ0v) is 16.0. The van der Waals surface area contributed by atoms with E-state index in [9.17, 15) is 9.59 Å². The maximum absolute atomic E-state index is 12.6. The first-order chi connectivity index (χ1) is 12.9. The van der Waals surface area contributed by atoms with E-state index in [2.05, 4.69) is 18.1 Å². The van der Waals surface area contributed by atoms with Gasteiger partial charge in [-0.3, -0.25) is 9.59 Å². The number of hydrogen-bond donors (Lipinski definition) is 1. The highest BCUT2D eigenvalue weighted by Crippen LogP contribution is 2.21. The summed E-state index contributed by atoms with van der Waals surface area (Å²) in [6.07, 6.45) is 3.58. The Morgan fingerprint density at radius 2 is 1.85 bits per heavy atom. The first kappa shape index (κ1) is 18.9. The Kier molecular flexibility index (Phi) is 5.44. The van der Waals surface area contributed by atoms with Gasteiger partial charge in [0, 0.05) is 30.8 Å². The van der Waals surface area contributed by atoms with Crippen LogP contribution < -0.4 is 0 Å². The lowest BCUT2D eigenvalue weighted by Crippen LogP contribution is -2.34. The van der Waals surface area contributed by atoms with E-state index >= 15 is 0 Å². The Morgan fingerprint density at radius 3 is 2.44 bits per heavy atom. The number of carboxylic acids is 1. The fourth-order valence-electron chi connectivity index (χ4n) is 3.40. The summed E-state index contributed by atoms with van der Waals surface area (Å²) in [5.41, 5.74) is 5.60. The molecule has 1 aromatic heterocycles. The monoisotopic (exact) mass is 367 g/mol. The first-order valence-corrected chi connectivity index (χ1v) is 9.19. The van der Waals surface area contributed by atoms with Crippen LogP contribution in [0.3, 0.4) is 0 Å². The SMILES string of the molecule is CC1=CCN(C(=O)c2ccc(-n3nc(C)c(CCC(=O)O)c3C)cc2)CC1. The molecule has 1 amide bonds. The van der Waals surface area contributed by atoms with E-state index in [1.807, 2.05) is 47.7 Å². The lowest BCUT2D eigenvalue weighted by atomic mass is 10.1. The van der Waals surface area contributed by atoms with Gasteiger partial charge in [0.15, 0.2) is 0 Å². The molecule has 1 aromatic carbocycles. The third-order valence-corrected chi connectivity index (χ3v) is 5.11. The molecule has 1 N–H and O–H groups in total. The van der Waals surface area contributed by atoms with E-state index in [1.165, 1.54) is 5.57 Å². The maximum atomic E-state index is 12.6. The quantitative estimate of drug-likeness (QED) is 0.823. The van der Waals surface area contributed by atoms with Gasteiger partial charge in [-0.25, -0.2) is 4.68 Å². The number of aromatic nitrogens is 2. The topological polar surface area (TPSA) is 75.4 Å². The van der Waals surface area contributed by atoms with Crippen LogP contribution in [0.1, 0.15) is 47.1 Å². The van der Waals surface area contributed by atoms with Crippen LogP contribution in [-0.4, -0.2) is 44.8 Å². The first-order valence-electron chi connectivity index (χ1n) is 9.19. The Hall–Kier alpha value is -2.89. The number of hydrogen-bond acceptors (Lipinski definition) is 3. The molecule has 0 unspecified atom stereocenters. The van der Waals surface area contributed by atoms with Gasteiger partial charge in [-0.15, -0.1) is 0 Å². The lowest BCUT2D eigenvalue weighted by Gasteiger charge is -2.25. The molecule has 0 atom stereocenters. The minimum absolute atomic E-state index is 0.0424. The molecule has 2 aromatic rings. The summed E-state index contributed by atoms with van der Waals surface area (Å²) in [5, 5.41) is 13.5. The predicted octanol–water partition coefficient (Wildman–Crippen LogP) is 3.30. The van der Waals surface area contributed by atoms with Crippen LogP contribution >= 0.6 is 0 Å². The van der Waals surface area contributed by atoms with Gasteiger partial charge in [-0.1, -0.05) is 11.6 Å². The number of amides is 1. The number of rotatable bonds is 5. The van der Waals surface area contributed by atoms with Gasteiger partial charge in [-0.05, 0) is 63.4 Å². The summed E-state index contributed by atoms with van der Waals surface area (Å²) in [7, 11) is 0. The number of carbonyl (C=O) groups is 2. The zero-order chi connectivity index (χ0) is 19.6. The number of aryl methyl sites for hydroxylation is 1. The highest BCUT2D eigenvalue weighted by atomic mass is 16.4. The van der Waals surface area contributed by atoms with Crippen molar-refractivity contribution in [3.63, 3.8) is 0 Å². The number of benzene rings is 1. The van der Waals surface area contributed by atoms with E-state index in [-0.39, 0.29) is 12.3 Å². The zero-order valence-electron chi connectivity index (χ0n) is 16.0. The largest absolute Gasteiger partial charge is 0.481 e. The lowest BCUT2D eigenvalue weighted by molar-refractivity contribution is -0.136. The molecule has 142 valence electrons. The molecule has 0 fully saturated rings. The number of nitrogens with zero attached hydrogens (tertiary/aromatic N) is 3. The molecule has 3 rings (SSSR count). The van der Waals surface area contributed by atoms with Gasteiger partial charge >= 0.3 is 5.97 Å². The summed E-state index contributed by atoms with van der Waals surface area (Å²) in [4.78, 5) is 25.4. The molecule has 1 aliphatic heterocycles. The van der Waals surface area contributed by atoms with Gasteiger partial charge in [0.25, 0.3) is 5.91 Å². The van der Waals surface area contributed by atoms with E-state index in [0.29, 0.717) is 18.5 Å². The van der Waals surface area contributed by atoms with Crippen LogP contribution in [0.15, 0.2) is 35.9 Å². The molecule has 0 spiro atoms. The average Bonchev–Trinajstić information content (AvgIpc) is 2.94. The van der Waals surface area contributed by atoms with Crippen molar-refractivity contribution >= 4 is 11.9 Å². The Bertz CT molecular complexity index is 894. The summed E-state index contributed by atoms with van der Waals surface area (Å²) >= 11 is 0. The highest BCUT2D eigenvalue weighted by molar-refractivity contribution is 5.94. The van der Waals surface area contributed by atoms with Crippen molar-refractivity contribution in [2.45, 2.75) is 40.0 Å². The molecule has 0 radical (unpaired) electrons. The van der Waals surface area contributed by atoms with Crippen LogP contribution in [0, 0.1) is 13.8 Å². The minimum Gasteiger partial charge on any atom is -0.481 e. The molecular weight excluding hydrogens is 342 g/mol. The van der Waals surface area contributed by atoms with Gasteiger partial charge in [0.05, 0.1) is 11.4 Å². The predicted molar refractivity (Wildman–Crippen MR) is 103 cm³/mol. The number of aliphatic carboxylic acids is 1.